The van der Waals surface area contributed by atoms with E-state index < -0.39 is 9.84 Å². The summed E-state index contributed by atoms with van der Waals surface area (Å²) in [5.74, 6) is 0.114. The highest BCUT2D eigenvalue weighted by molar-refractivity contribution is 7.90. The van der Waals surface area contributed by atoms with Crippen molar-refractivity contribution in [3.63, 3.8) is 0 Å². The Hall–Kier alpha value is -0.940. The van der Waals surface area contributed by atoms with Gasteiger partial charge < -0.3 is 5.73 Å². The molecule has 17 heavy (non-hydrogen) atoms. The molecule has 0 radical (unpaired) electrons. The third-order valence-corrected chi connectivity index (χ3v) is 4.24. The maximum atomic E-state index is 11.3. The topological polar surface area (TPSA) is 73.0 Å². The molecule has 0 saturated carbocycles. The molecule has 1 aromatic rings. The molecular weight excluding hydrogens is 236 g/mol. The molecule has 1 aliphatic carbocycles. The van der Waals surface area contributed by atoms with E-state index in [1.165, 1.54) is 11.8 Å². The largest absolute Gasteiger partial charge is 0.326 e. The zero-order valence-corrected chi connectivity index (χ0v) is 10.8. The van der Waals surface area contributed by atoms with E-state index in [1.807, 2.05) is 6.07 Å². The van der Waals surface area contributed by atoms with Crippen molar-refractivity contribution in [2.75, 3.05) is 12.0 Å². The van der Waals surface area contributed by atoms with Gasteiger partial charge in [0.05, 0.1) is 5.75 Å². The summed E-state index contributed by atoms with van der Waals surface area (Å²) < 4.78 is 22.6. The van der Waals surface area contributed by atoms with E-state index >= 15 is 0 Å². The van der Waals surface area contributed by atoms with Crippen LogP contribution in [0.4, 0.5) is 0 Å². The number of aromatic nitrogens is 1. The smallest absolute Gasteiger partial charge is 0.149 e. The Morgan fingerprint density at radius 1 is 1.59 bits per heavy atom. The lowest BCUT2D eigenvalue weighted by Gasteiger charge is -2.28. The first-order chi connectivity index (χ1) is 7.97. The number of nitrogens with two attached hydrogens (primary N) is 1. The number of fused-ring (bicyclic) bond motifs is 1. The molecule has 0 fully saturated rings. The van der Waals surface area contributed by atoms with Crippen LogP contribution in [0.5, 0.6) is 0 Å². The Morgan fingerprint density at radius 2 is 2.35 bits per heavy atom. The Labute approximate surface area is 102 Å². The fraction of sp³-hybridized carbons (Fsp3) is 0.583. The minimum absolute atomic E-state index is 0.0354. The lowest BCUT2D eigenvalue weighted by molar-refractivity contribution is 0.470. The Morgan fingerprint density at radius 3 is 3.06 bits per heavy atom. The SMILES string of the molecule is CS(=O)(=O)CC(N)C1CCCc2cccnc21. The van der Waals surface area contributed by atoms with Crippen molar-refractivity contribution in [2.24, 2.45) is 5.73 Å². The first-order valence-electron chi connectivity index (χ1n) is 5.84. The third kappa shape index (κ3) is 3.04. The number of hydrogen-bond donors (Lipinski definition) is 1. The van der Waals surface area contributed by atoms with Crippen LogP contribution in [0.2, 0.25) is 0 Å². The zero-order valence-electron chi connectivity index (χ0n) is 9.96. The maximum absolute atomic E-state index is 11.3. The van der Waals surface area contributed by atoms with Crippen LogP contribution in [-0.2, 0) is 16.3 Å². The number of rotatable bonds is 3. The molecule has 0 bridgehead atoms. The molecule has 0 spiro atoms. The van der Waals surface area contributed by atoms with Gasteiger partial charge in [-0.05, 0) is 30.9 Å². The summed E-state index contributed by atoms with van der Waals surface area (Å²) in [7, 11) is -3.03. The first-order valence-corrected chi connectivity index (χ1v) is 7.90. The molecule has 1 aromatic heterocycles. The first kappa shape index (κ1) is 12.5. The summed E-state index contributed by atoms with van der Waals surface area (Å²) in [6.07, 6.45) is 5.99. The van der Waals surface area contributed by atoms with E-state index in [1.54, 1.807) is 6.20 Å². The number of nitrogens with zero attached hydrogens (tertiary/aromatic N) is 1. The second-order valence-corrected chi connectivity index (χ2v) is 6.99. The van der Waals surface area contributed by atoms with Gasteiger partial charge in [0.15, 0.2) is 0 Å². The average molecular weight is 254 g/mol. The van der Waals surface area contributed by atoms with Crippen molar-refractivity contribution in [2.45, 2.75) is 31.2 Å². The van der Waals surface area contributed by atoms with Gasteiger partial charge in [0, 0.05) is 30.1 Å². The molecule has 0 saturated heterocycles. The molecule has 2 atom stereocenters. The van der Waals surface area contributed by atoms with Crippen molar-refractivity contribution in [1.29, 1.82) is 0 Å². The molecule has 2 unspecified atom stereocenters. The predicted molar refractivity (Wildman–Crippen MR) is 67.6 cm³/mol. The number of sulfone groups is 1. The van der Waals surface area contributed by atoms with Crippen LogP contribution in [0.1, 0.15) is 30.0 Å². The minimum atomic E-state index is -3.03. The van der Waals surface area contributed by atoms with E-state index in [9.17, 15) is 8.42 Å². The van der Waals surface area contributed by atoms with E-state index in [2.05, 4.69) is 11.1 Å². The fourth-order valence-electron chi connectivity index (χ4n) is 2.53. The molecule has 1 aliphatic rings. The normalized spacial score (nSPS) is 21.9. The van der Waals surface area contributed by atoms with Crippen molar-refractivity contribution in [3.05, 3.63) is 29.6 Å². The van der Waals surface area contributed by atoms with Crippen LogP contribution in [0.3, 0.4) is 0 Å². The molecular formula is C12H18N2O2S. The molecule has 0 aromatic carbocycles. The van der Waals surface area contributed by atoms with Crippen molar-refractivity contribution < 1.29 is 8.42 Å². The molecule has 2 N–H and O–H groups in total. The Bertz CT molecular complexity index is 499. The lowest BCUT2D eigenvalue weighted by Crippen LogP contribution is -2.37. The Balaban J connectivity index is 2.24. The summed E-state index contributed by atoms with van der Waals surface area (Å²) in [6, 6.07) is 3.63. The molecule has 1 heterocycles. The second kappa shape index (κ2) is 4.74. The molecule has 94 valence electrons. The number of aryl methyl sites for hydroxylation is 1. The van der Waals surface area contributed by atoms with Gasteiger partial charge in [-0.1, -0.05) is 6.07 Å². The second-order valence-electron chi connectivity index (χ2n) is 4.80. The van der Waals surface area contributed by atoms with E-state index in [0.29, 0.717) is 0 Å². The van der Waals surface area contributed by atoms with Crippen LogP contribution >= 0.6 is 0 Å². The van der Waals surface area contributed by atoms with Gasteiger partial charge in [-0.25, -0.2) is 8.42 Å². The maximum Gasteiger partial charge on any atom is 0.149 e. The molecule has 2 rings (SSSR count). The van der Waals surface area contributed by atoms with Crippen LogP contribution in [0.25, 0.3) is 0 Å². The quantitative estimate of drug-likeness (QED) is 0.868. The highest BCUT2D eigenvalue weighted by Gasteiger charge is 2.28. The van der Waals surface area contributed by atoms with Gasteiger partial charge >= 0.3 is 0 Å². The number of pyridine rings is 1. The van der Waals surface area contributed by atoms with Crippen molar-refractivity contribution >= 4 is 9.84 Å². The summed E-state index contributed by atoms with van der Waals surface area (Å²) in [6.45, 7) is 0. The van der Waals surface area contributed by atoms with Gasteiger partial charge in [-0.3, -0.25) is 4.98 Å². The van der Waals surface area contributed by atoms with Gasteiger partial charge in [-0.15, -0.1) is 0 Å². The molecule has 4 nitrogen and oxygen atoms in total. The summed E-state index contributed by atoms with van der Waals surface area (Å²) in [5.41, 5.74) is 8.24. The van der Waals surface area contributed by atoms with Crippen LogP contribution in [0.15, 0.2) is 18.3 Å². The standard InChI is InChI=1S/C12H18N2O2S/c1-17(15,16)8-11(13)10-6-2-4-9-5-3-7-14-12(9)10/h3,5,7,10-11H,2,4,6,8,13H2,1H3. The zero-order chi connectivity index (χ0) is 12.5. The van der Waals surface area contributed by atoms with Crippen LogP contribution in [0, 0.1) is 0 Å². The fourth-order valence-corrected chi connectivity index (χ4v) is 3.46. The van der Waals surface area contributed by atoms with Crippen LogP contribution in [-0.4, -0.2) is 31.5 Å². The molecule has 5 heteroatoms. The van der Waals surface area contributed by atoms with E-state index in [-0.39, 0.29) is 17.7 Å². The third-order valence-electron chi connectivity index (χ3n) is 3.25. The molecule has 0 aliphatic heterocycles. The summed E-state index contributed by atoms with van der Waals surface area (Å²) in [4.78, 5) is 4.38. The van der Waals surface area contributed by atoms with Gasteiger partial charge in [0.2, 0.25) is 0 Å². The van der Waals surface area contributed by atoms with Crippen LogP contribution < -0.4 is 5.73 Å². The Kier molecular flexibility index (Phi) is 3.49. The molecule has 0 amide bonds. The van der Waals surface area contributed by atoms with Crippen molar-refractivity contribution in [3.8, 4) is 0 Å². The minimum Gasteiger partial charge on any atom is -0.326 e. The predicted octanol–water partition coefficient (Wildman–Crippen LogP) is 0.873. The average Bonchev–Trinajstić information content (AvgIpc) is 2.26. The van der Waals surface area contributed by atoms with Gasteiger partial charge in [0.25, 0.3) is 0 Å². The number of hydrogen-bond acceptors (Lipinski definition) is 4. The van der Waals surface area contributed by atoms with E-state index in [0.717, 1.165) is 25.0 Å². The highest BCUT2D eigenvalue weighted by Crippen LogP contribution is 2.31. The van der Waals surface area contributed by atoms with Crippen molar-refractivity contribution in [1.82, 2.24) is 4.98 Å². The summed E-state index contributed by atoms with van der Waals surface area (Å²) >= 11 is 0. The van der Waals surface area contributed by atoms with Gasteiger partial charge in [-0.2, -0.15) is 0 Å². The summed E-state index contributed by atoms with van der Waals surface area (Å²) in [5, 5.41) is 0. The van der Waals surface area contributed by atoms with Gasteiger partial charge in [0.1, 0.15) is 9.84 Å². The van der Waals surface area contributed by atoms with E-state index in [4.69, 9.17) is 5.73 Å². The monoisotopic (exact) mass is 254 g/mol. The highest BCUT2D eigenvalue weighted by atomic mass is 32.2. The lowest BCUT2D eigenvalue weighted by atomic mass is 9.83.